The van der Waals surface area contributed by atoms with Gasteiger partial charge in [-0.1, -0.05) is 43.7 Å². The minimum Gasteiger partial charge on any atom is -0.334 e. The molecule has 20 heavy (non-hydrogen) atoms. The highest BCUT2D eigenvalue weighted by molar-refractivity contribution is 5.82. The maximum absolute atomic E-state index is 12.6. The van der Waals surface area contributed by atoms with Crippen molar-refractivity contribution in [1.29, 1.82) is 0 Å². The molecule has 1 aromatic rings. The zero-order chi connectivity index (χ0) is 14.7. The van der Waals surface area contributed by atoms with Crippen LogP contribution in [0, 0.1) is 12.8 Å². The van der Waals surface area contributed by atoms with E-state index in [4.69, 9.17) is 5.73 Å². The van der Waals surface area contributed by atoms with Crippen molar-refractivity contribution in [1.82, 2.24) is 4.90 Å². The van der Waals surface area contributed by atoms with Gasteiger partial charge in [-0.05, 0) is 37.7 Å². The van der Waals surface area contributed by atoms with Crippen LogP contribution in [0.25, 0.3) is 0 Å². The van der Waals surface area contributed by atoms with Gasteiger partial charge in [0, 0.05) is 12.6 Å². The number of benzene rings is 1. The maximum atomic E-state index is 12.6. The van der Waals surface area contributed by atoms with Crippen LogP contribution in [0.1, 0.15) is 44.2 Å². The van der Waals surface area contributed by atoms with Gasteiger partial charge in [-0.15, -0.1) is 0 Å². The van der Waals surface area contributed by atoms with Crippen LogP contribution in [-0.2, 0) is 11.3 Å². The first-order valence-corrected chi connectivity index (χ1v) is 7.59. The third kappa shape index (κ3) is 4.07. The summed E-state index contributed by atoms with van der Waals surface area (Å²) >= 11 is 0. The number of aryl methyl sites for hydroxylation is 1. The van der Waals surface area contributed by atoms with Crippen LogP contribution in [0.2, 0.25) is 0 Å². The number of hydrogen-bond acceptors (Lipinski definition) is 2. The lowest BCUT2D eigenvalue weighted by Gasteiger charge is -2.26. The highest BCUT2D eigenvalue weighted by Gasteiger charge is 2.34. The number of amides is 1. The Kier molecular flexibility index (Phi) is 4.81. The van der Waals surface area contributed by atoms with Crippen LogP contribution < -0.4 is 5.73 Å². The zero-order valence-corrected chi connectivity index (χ0v) is 12.8. The molecule has 0 spiro atoms. The van der Waals surface area contributed by atoms with Crippen molar-refractivity contribution < 1.29 is 4.79 Å². The van der Waals surface area contributed by atoms with Crippen molar-refractivity contribution in [3.05, 3.63) is 35.4 Å². The third-order valence-corrected chi connectivity index (χ3v) is 3.75. The number of carbonyl (C=O) groups excluding carboxylic acids is 1. The average molecular weight is 274 g/mol. The van der Waals surface area contributed by atoms with E-state index >= 15 is 0 Å². The normalized spacial score (nSPS) is 16.2. The lowest BCUT2D eigenvalue weighted by molar-refractivity contribution is -0.134. The second-order valence-electron chi connectivity index (χ2n) is 6.42. The molecule has 1 fully saturated rings. The molecule has 1 aliphatic rings. The number of nitrogens with two attached hydrogens (primary N) is 1. The van der Waals surface area contributed by atoms with Crippen molar-refractivity contribution in [2.75, 3.05) is 0 Å². The largest absolute Gasteiger partial charge is 0.334 e. The summed E-state index contributed by atoms with van der Waals surface area (Å²) in [4.78, 5) is 14.5. The molecule has 0 unspecified atom stereocenters. The predicted octanol–water partition coefficient (Wildman–Crippen LogP) is 2.86. The van der Waals surface area contributed by atoms with Crippen LogP contribution in [0.4, 0.5) is 0 Å². The van der Waals surface area contributed by atoms with Crippen molar-refractivity contribution >= 4 is 5.91 Å². The molecule has 0 radical (unpaired) electrons. The second-order valence-corrected chi connectivity index (χ2v) is 6.42. The number of nitrogens with zero attached hydrogens (tertiary/aromatic N) is 1. The van der Waals surface area contributed by atoms with Crippen molar-refractivity contribution in [2.45, 2.75) is 58.7 Å². The molecule has 3 nitrogen and oxygen atoms in total. The molecule has 2 N–H and O–H groups in total. The molecule has 0 aromatic heterocycles. The molecule has 3 heteroatoms. The van der Waals surface area contributed by atoms with E-state index in [1.54, 1.807) is 0 Å². The molecular weight excluding hydrogens is 248 g/mol. The SMILES string of the molecule is Cc1cccc(CN(C(=O)[C@H](N)CC(C)C)C2CC2)c1. The summed E-state index contributed by atoms with van der Waals surface area (Å²) in [6, 6.07) is 8.41. The lowest BCUT2D eigenvalue weighted by atomic mass is 10.0. The van der Waals surface area contributed by atoms with Gasteiger partial charge in [0.05, 0.1) is 6.04 Å². The molecule has 0 saturated heterocycles. The maximum Gasteiger partial charge on any atom is 0.240 e. The minimum atomic E-state index is -0.361. The van der Waals surface area contributed by atoms with E-state index in [2.05, 4.69) is 39.0 Å². The summed E-state index contributed by atoms with van der Waals surface area (Å²) in [6.45, 7) is 6.98. The number of carbonyl (C=O) groups is 1. The van der Waals surface area contributed by atoms with E-state index < -0.39 is 0 Å². The smallest absolute Gasteiger partial charge is 0.240 e. The van der Waals surface area contributed by atoms with Crippen LogP contribution in [0.5, 0.6) is 0 Å². The first-order chi connectivity index (χ1) is 9.47. The summed E-state index contributed by atoms with van der Waals surface area (Å²) in [5.41, 5.74) is 8.51. The van der Waals surface area contributed by atoms with E-state index in [9.17, 15) is 4.79 Å². The van der Waals surface area contributed by atoms with Crippen molar-refractivity contribution in [3.63, 3.8) is 0 Å². The fraction of sp³-hybridized carbons (Fsp3) is 0.588. The Labute approximate surface area is 122 Å². The van der Waals surface area contributed by atoms with Gasteiger partial charge in [-0.25, -0.2) is 0 Å². The first kappa shape index (κ1) is 15.0. The fourth-order valence-corrected chi connectivity index (χ4v) is 2.60. The molecule has 0 bridgehead atoms. The van der Waals surface area contributed by atoms with Gasteiger partial charge in [-0.2, -0.15) is 0 Å². The monoisotopic (exact) mass is 274 g/mol. The Bertz CT molecular complexity index is 466. The average Bonchev–Trinajstić information content (AvgIpc) is 3.18. The van der Waals surface area contributed by atoms with E-state index in [-0.39, 0.29) is 11.9 Å². The quantitative estimate of drug-likeness (QED) is 0.867. The van der Waals surface area contributed by atoms with E-state index in [1.807, 2.05) is 11.0 Å². The van der Waals surface area contributed by atoms with Crippen molar-refractivity contribution in [2.24, 2.45) is 11.7 Å². The molecular formula is C17H26N2O. The molecule has 0 aliphatic heterocycles. The third-order valence-electron chi connectivity index (χ3n) is 3.75. The van der Waals surface area contributed by atoms with Crippen LogP contribution in [-0.4, -0.2) is 22.9 Å². The van der Waals surface area contributed by atoms with Gasteiger partial charge in [0.1, 0.15) is 0 Å². The molecule has 110 valence electrons. The number of rotatable bonds is 6. The van der Waals surface area contributed by atoms with Crippen LogP contribution in [0.3, 0.4) is 0 Å². The summed E-state index contributed by atoms with van der Waals surface area (Å²) in [5.74, 6) is 0.566. The van der Waals surface area contributed by atoms with Gasteiger partial charge in [0.2, 0.25) is 5.91 Å². The van der Waals surface area contributed by atoms with E-state index in [0.717, 1.165) is 19.3 Å². The molecule has 1 saturated carbocycles. The lowest BCUT2D eigenvalue weighted by Crippen LogP contribution is -2.45. The van der Waals surface area contributed by atoms with Crippen LogP contribution >= 0.6 is 0 Å². The molecule has 0 heterocycles. The summed E-state index contributed by atoms with van der Waals surface area (Å²) in [5, 5.41) is 0. The van der Waals surface area contributed by atoms with Gasteiger partial charge in [0.15, 0.2) is 0 Å². The Morgan fingerprint density at radius 1 is 1.40 bits per heavy atom. The molecule has 1 atom stereocenters. The Hall–Kier alpha value is -1.35. The Balaban J connectivity index is 2.05. The summed E-state index contributed by atoms with van der Waals surface area (Å²) in [6.07, 6.45) is 2.99. The van der Waals surface area contributed by atoms with Crippen LogP contribution in [0.15, 0.2) is 24.3 Å². The Morgan fingerprint density at radius 2 is 2.10 bits per heavy atom. The molecule has 1 aromatic carbocycles. The highest BCUT2D eigenvalue weighted by Crippen LogP contribution is 2.29. The molecule has 2 rings (SSSR count). The number of hydrogen-bond donors (Lipinski definition) is 1. The first-order valence-electron chi connectivity index (χ1n) is 7.59. The fourth-order valence-electron chi connectivity index (χ4n) is 2.60. The summed E-state index contributed by atoms with van der Waals surface area (Å²) < 4.78 is 0. The molecule has 1 amide bonds. The van der Waals surface area contributed by atoms with Crippen molar-refractivity contribution in [3.8, 4) is 0 Å². The molecule has 1 aliphatic carbocycles. The second kappa shape index (κ2) is 6.40. The van der Waals surface area contributed by atoms with Gasteiger partial charge in [0.25, 0.3) is 0 Å². The topological polar surface area (TPSA) is 46.3 Å². The van der Waals surface area contributed by atoms with Gasteiger partial charge in [-0.3, -0.25) is 4.79 Å². The Morgan fingerprint density at radius 3 is 2.65 bits per heavy atom. The highest BCUT2D eigenvalue weighted by atomic mass is 16.2. The zero-order valence-electron chi connectivity index (χ0n) is 12.8. The predicted molar refractivity (Wildman–Crippen MR) is 82.2 cm³/mol. The van der Waals surface area contributed by atoms with Gasteiger partial charge >= 0.3 is 0 Å². The minimum absolute atomic E-state index is 0.114. The standard InChI is InChI=1S/C17H26N2O/c1-12(2)9-16(18)17(20)19(15-7-8-15)11-14-6-4-5-13(3)10-14/h4-6,10,12,15-16H,7-9,11,18H2,1-3H3/t16-/m1/s1. The van der Waals surface area contributed by atoms with E-state index in [0.29, 0.717) is 18.5 Å². The van der Waals surface area contributed by atoms with E-state index in [1.165, 1.54) is 11.1 Å². The van der Waals surface area contributed by atoms with Gasteiger partial charge < -0.3 is 10.6 Å². The summed E-state index contributed by atoms with van der Waals surface area (Å²) in [7, 11) is 0.